The van der Waals surface area contributed by atoms with E-state index in [1.54, 1.807) is 11.8 Å². The number of aryl methyl sites for hydroxylation is 2. The van der Waals surface area contributed by atoms with Crippen LogP contribution in [0, 0.1) is 13.8 Å². The molecule has 144 valence electrons. The minimum atomic E-state index is 0.236. The van der Waals surface area contributed by atoms with Gasteiger partial charge in [0.05, 0.1) is 6.42 Å². The summed E-state index contributed by atoms with van der Waals surface area (Å²) in [5.74, 6) is 0.236. The summed E-state index contributed by atoms with van der Waals surface area (Å²) in [6.07, 6.45) is 3.72. The highest BCUT2D eigenvalue weighted by molar-refractivity contribution is 8.16. The number of carbonyl (C=O) groups is 1. The fourth-order valence-corrected chi connectivity index (χ4v) is 4.88. The normalized spacial score (nSPS) is 22.2. The van der Waals surface area contributed by atoms with Gasteiger partial charge in [-0.15, -0.1) is 0 Å². The Bertz CT molecular complexity index is 788. The molecule has 1 amide bonds. The summed E-state index contributed by atoms with van der Waals surface area (Å²) in [6, 6.07) is 6.82. The molecule has 0 saturated carbocycles. The fraction of sp³-hybridized carbons (Fsp3) is 0.524. The van der Waals surface area contributed by atoms with Crippen molar-refractivity contribution in [2.24, 2.45) is 4.99 Å². The summed E-state index contributed by atoms with van der Waals surface area (Å²) >= 11 is 1.66. The summed E-state index contributed by atoms with van der Waals surface area (Å²) in [4.78, 5) is 21.7. The molecule has 1 aromatic carbocycles. The van der Waals surface area contributed by atoms with Crippen molar-refractivity contribution in [2.75, 3.05) is 31.5 Å². The number of carbonyl (C=O) groups excluding carboxylic acids is 1. The first kappa shape index (κ1) is 18.4. The van der Waals surface area contributed by atoms with Gasteiger partial charge >= 0.3 is 0 Å². The van der Waals surface area contributed by atoms with E-state index in [4.69, 9.17) is 0 Å². The van der Waals surface area contributed by atoms with E-state index in [-0.39, 0.29) is 5.91 Å². The number of hydrogen-bond acceptors (Lipinski definition) is 5. The highest BCUT2D eigenvalue weighted by Gasteiger charge is 2.29. The molecular formula is C21H28N4OS. The molecule has 1 N–H and O–H groups in total. The van der Waals surface area contributed by atoms with Crippen LogP contribution in [0.15, 0.2) is 34.3 Å². The Labute approximate surface area is 165 Å². The molecule has 3 heterocycles. The van der Waals surface area contributed by atoms with E-state index in [9.17, 15) is 4.79 Å². The molecule has 0 radical (unpaired) electrons. The number of nitrogens with zero attached hydrogens (tertiary/aromatic N) is 3. The van der Waals surface area contributed by atoms with Crippen molar-refractivity contribution in [3.8, 4) is 0 Å². The number of fused-ring (bicyclic) bond motifs is 1. The molecule has 0 spiro atoms. The zero-order valence-electron chi connectivity index (χ0n) is 16.2. The predicted octanol–water partition coefficient (Wildman–Crippen LogP) is 3.75. The predicted molar refractivity (Wildman–Crippen MR) is 113 cm³/mol. The van der Waals surface area contributed by atoms with E-state index in [2.05, 4.69) is 52.7 Å². The van der Waals surface area contributed by atoms with Gasteiger partial charge in [0.25, 0.3) is 0 Å². The minimum absolute atomic E-state index is 0.236. The number of rotatable bonds is 4. The zero-order valence-corrected chi connectivity index (χ0v) is 17.0. The van der Waals surface area contributed by atoms with Crippen molar-refractivity contribution in [3.05, 3.63) is 40.4 Å². The number of thioether (sulfide) groups is 1. The van der Waals surface area contributed by atoms with Crippen molar-refractivity contribution in [2.45, 2.75) is 45.6 Å². The minimum Gasteiger partial charge on any atom is -0.381 e. The Morgan fingerprint density at radius 3 is 3.00 bits per heavy atom. The molecule has 3 aliphatic rings. The number of piperidine rings is 1. The standard InChI is InChI=1S/C21H28N4OS/c1-15-6-7-17(11-16(15)2)23-18-5-3-9-24(13-18)20(26)12-19-14-27-21-22-8-4-10-25(19)21/h6-7,11,14,18,23H,3-5,8-10,12-13H2,1-2H3/t18-/m0/s1. The molecule has 0 aromatic heterocycles. The van der Waals surface area contributed by atoms with Gasteiger partial charge in [-0.2, -0.15) is 0 Å². The molecule has 27 heavy (non-hydrogen) atoms. The maximum Gasteiger partial charge on any atom is 0.228 e. The third-order valence-corrected chi connectivity index (χ3v) is 6.60. The van der Waals surface area contributed by atoms with E-state index in [1.807, 2.05) is 4.90 Å². The number of hydrogen-bond donors (Lipinski definition) is 1. The van der Waals surface area contributed by atoms with E-state index in [1.165, 1.54) is 11.1 Å². The number of benzene rings is 1. The van der Waals surface area contributed by atoms with Crippen molar-refractivity contribution in [1.82, 2.24) is 9.80 Å². The van der Waals surface area contributed by atoms with Crippen LogP contribution >= 0.6 is 11.8 Å². The molecule has 3 aliphatic heterocycles. The molecule has 1 aromatic rings. The number of amidine groups is 1. The average molecular weight is 385 g/mol. The van der Waals surface area contributed by atoms with Crippen molar-refractivity contribution in [3.63, 3.8) is 0 Å². The van der Waals surface area contributed by atoms with Gasteiger partial charge in [-0.05, 0) is 61.8 Å². The van der Waals surface area contributed by atoms with Crippen molar-refractivity contribution in [1.29, 1.82) is 0 Å². The van der Waals surface area contributed by atoms with Gasteiger partial charge in [0.15, 0.2) is 5.17 Å². The van der Waals surface area contributed by atoms with E-state index < -0.39 is 0 Å². The molecule has 4 rings (SSSR count). The van der Waals surface area contributed by atoms with Crippen LogP contribution < -0.4 is 5.32 Å². The average Bonchev–Trinajstić information content (AvgIpc) is 3.08. The summed E-state index contributed by atoms with van der Waals surface area (Å²) in [6.45, 7) is 7.82. The lowest BCUT2D eigenvalue weighted by atomic mass is 10.0. The lowest BCUT2D eigenvalue weighted by Crippen LogP contribution is -2.45. The summed E-state index contributed by atoms with van der Waals surface area (Å²) in [7, 11) is 0. The molecule has 1 saturated heterocycles. The second-order valence-electron chi connectivity index (χ2n) is 7.70. The fourth-order valence-electron chi connectivity index (χ4n) is 3.93. The van der Waals surface area contributed by atoms with Gasteiger partial charge in [-0.1, -0.05) is 17.8 Å². The van der Waals surface area contributed by atoms with Crippen LogP contribution in [-0.2, 0) is 4.79 Å². The second kappa shape index (κ2) is 7.97. The SMILES string of the molecule is Cc1ccc(N[C@H]2CCCN(C(=O)CC3=CSC4=NCCCN34)C2)cc1C. The maximum absolute atomic E-state index is 12.9. The largest absolute Gasteiger partial charge is 0.381 e. The Morgan fingerprint density at radius 2 is 2.15 bits per heavy atom. The first-order valence-electron chi connectivity index (χ1n) is 9.89. The molecule has 1 atom stereocenters. The van der Waals surface area contributed by atoms with Gasteiger partial charge in [0.2, 0.25) is 5.91 Å². The molecular weight excluding hydrogens is 356 g/mol. The van der Waals surface area contributed by atoms with Crippen LogP contribution in [0.2, 0.25) is 0 Å². The molecule has 0 bridgehead atoms. The Morgan fingerprint density at radius 1 is 1.26 bits per heavy atom. The van der Waals surface area contributed by atoms with Gasteiger partial charge in [0.1, 0.15) is 0 Å². The molecule has 0 unspecified atom stereocenters. The number of likely N-dealkylation sites (tertiary alicyclic amines) is 1. The topological polar surface area (TPSA) is 47.9 Å². The van der Waals surface area contributed by atoms with Crippen LogP contribution in [0.25, 0.3) is 0 Å². The van der Waals surface area contributed by atoms with Gasteiger partial charge in [-0.25, -0.2) is 0 Å². The van der Waals surface area contributed by atoms with Crippen molar-refractivity contribution >= 4 is 28.5 Å². The van der Waals surface area contributed by atoms with Crippen LogP contribution in [0.1, 0.15) is 36.8 Å². The van der Waals surface area contributed by atoms with E-state index in [0.717, 1.165) is 62.0 Å². The molecule has 5 nitrogen and oxygen atoms in total. The smallest absolute Gasteiger partial charge is 0.228 e. The van der Waals surface area contributed by atoms with Gasteiger partial charge in [-0.3, -0.25) is 9.79 Å². The summed E-state index contributed by atoms with van der Waals surface area (Å²) < 4.78 is 0. The number of aliphatic imine (C=N–C) groups is 1. The monoisotopic (exact) mass is 384 g/mol. The lowest BCUT2D eigenvalue weighted by Gasteiger charge is -2.34. The maximum atomic E-state index is 12.9. The molecule has 0 aliphatic carbocycles. The lowest BCUT2D eigenvalue weighted by molar-refractivity contribution is -0.131. The Hall–Kier alpha value is -1.95. The zero-order chi connectivity index (χ0) is 18.8. The number of amides is 1. The molecule has 1 fully saturated rings. The highest BCUT2D eigenvalue weighted by Crippen LogP contribution is 2.31. The number of nitrogens with one attached hydrogen (secondary N) is 1. The Kier molecular flexibility index (Phi) is 5.43. The highest BCUT2D eigenvalue weighted by atomic mass is 32.2. The van der Waals surface area contributed by atoms with Gasteiger partial charge < -0.3 is 15.1 Å². The van der Waals surface area contributed by atoms with Crippen LogP contribution in [-0.4, -0.2) is 53.1 Å². The second-order valence-corrected chi connectivity index (χ2v) is 8.53. The van der Waals surface area contributed by atoms with Gasteiger partial charge in [0, 0.05) is 43.6 Å². The van der Waals surface area contributed by atoms with E-state index in [0.29, 0.717) is 12.5 Å². The molecule has 6 heteroatoms. The summed E-state index contributed by atoms with van der Waals surface area (Å²) in [5.41, 5.74) is 4.88. The number of anilines is 1. The van der Waals surface area contributed by atoms with Crippen molar-refractivity contribution < 1.29 is 4.79 Å². The first-order chi connectivity index (χ1) is 13.1. The van der Waals surface area contributed by atoms with Crippen LogP contribution in [0.4, 0.5) is 5.69 Å². The van der Waals surface area contributed by atoms with Crippen LogP contribution in [0.3, 0.4) is 0 Å². The Balaban J connectivity index is 1.35. The third kappa shape index (κ3) is 4.15. The van der Waals surface area contributed by atoms with E-state index >= 15 is 0 Å². The first-order valence-corrected chi connectivity index (χ1v) is 10.8. The summed E-state index contributed by atoms with van der Waals surface area (Å²) in [5, 5.41) is 6.81. The van der Waals surface area contributed by atoms with Crippen LogP contribution in [0.5, 0.6) is 0 Å². The quantitative estimate of drug-likeness (QED) is 0.859. The third-order valence-electron chi connectivity index (χ3n) is 5.65.